The third kappa shape index (κ3) is 3.18. The lowest BCUT2D eigenvalue weighted by atomic mass is 10.1. The van der Waals surface area contributed by atoms with Crippen LogP contribution < -0.4 is 10.2 Å². The van der Waals surface area contributed by atoms with Gasteiger partial charge in [-0.2, -0.15) is 0 Å². The Labute approximate surface area is 142 Å². The summed E-state index contributed by atoms with van der Waals surface area (Å²) in [5.74, 6) is -0.259. The van der Waals surface area contributed by atoms with Gasteiger partial charge in [-0.05, 0) is 18.2 Å². The Hall–Kier alpha value is -2.63. The molecule has 0 amide bonds. The van der Waals surface area contributed by atoms with Crippen molar-refractivity contribution in [2.24, 2.45) is 0 Å². The van der Waals surface area contributed by atoms with Crippen LogP contribution >= 0.6 is 11.6 Å². The monoisotopic (exact) mass is 344 g/mol. The van der Waals surface area contributed by atoms with Crippen molar-refractivity contribution in [3.05, 3.63) is 64.0 Å². The highest BCUT2D eigenvalue weighted by Crippen LogP contribution is 2.27. The standard InChI is InChI=1S/C18H13ClO5/c1-22-10-17(20)24-11-6-7-13-16(8-11)23-9-14(18(13)21)12-4-2-3-5-15(12)19/h2-9H,10H2,1H3. The lowest BCUT2D eigenvalue weighted by Gasteiger charge is -2.07. The second kappa shape index (κ2) is 6.86. The Morgan fingerprint density at radius 2 is 1.96 bits per heavy atom. The van der Waals surface area contributed by atoms with Crippen LogP contribution in [0.4, 0.5) is 0 Å². The maximum Gasteiger partial charge on any atom is 0.337 e. The number of ether oxygens (including phenoxy) is 2. The maximum absolute atomic E-state index is 12.7. The van der Waals surface area contributed by atoms with Crippen molar-refractivity contribution < 1.29 is 18.7 Å². The number of hydrogen-bond donors (Lipinski definition) is 0. The van der Waals surface area contributed by atoms with E-state index >= 15 is 0 Å². The van der Waals surface area contributed by atoms with E-state index in [2.05, 4.69) is 0 Å². The number of fused-ring (bicyclic) bond motifs is 1. The molecule has 122 valence electrons. The van der Waals surface area contributed by atoms with Crippen LogP contribution in [0.25, 0.3) is 22.1 Å². The number of hydrogen-bond acceptors (Lipinski definition) is 5. The molecule has 0 radical (unpaired) electrons. The summed E-state index contributed by atoms with van der Waals surface area (Å²) in [5, 5.41) is 0.841. The van der Waals surface area contributed by atoms with Crippen molar-refractivity contribution >= 4 is 28.5 Å². The Kier molecular flexibility index (Phi) is 4.64. The molecular weight excluding hydrogens is 332 g/mol. The minimum Gasteiger partial charge on any atom is -0.463 e. The zero-order chi connectivity index (χ0) is 17.1. The summed E-state index contributed by atoms with van der Waals surface area (Å²) < 4.78 is 15.3. The van der Waals surface area contributed by atoms with E-state index in [-0.39, 0.29) is 17.8 Å². The molecule has 2 aromatic carbocycles. The van der Waals surface area contributed by atoms with Gasteiger partial charge in [-0.3, -0.25) is 4.79 Å². The molecule has 24 heavy (non-hydrogen) atoms. The number of halogens is 1. The fourth-order valence-electron chi connectivity index (χ4n) is 2.32. The fourth-order valence-corrected chi connectivity index (χ4v) is 2.55. The van der Waals surface area contributed by atoms with E-state index in [1.54, 1.807) is 30.3 Å². The molecule has 3 rings (SSSR count). The Morgan fingerprint density at radius 1 is 1.17 bits per heavy atom. The van der Waals surface area contributed by atoms with Crippen LogP contribution in [0.2, 0.25) is 5.02 Å². The largest absolute Gasteiger partial charge is 0.463 e. The van der Waals surface area contributed by atoms with Crippen molar-refractivity contribution in [1.29, 1.82) is 0 Å². The highest BCUT2D eigenvalue weighted by molar-refractivity contribution is 6.33. The maximum atomic E-state index is 12.7. The van der Waals surface area contributed by atoms with Crippen LogP contribution in [-0.2, 0) is 9.53 Å². The summed E-state index contributed by atoms with van der Waals surface area (Å²) in [6.07, 6.45) is 1.35. The zero-order valence-electron chi connectivity index (χ0n) is 12.7. The van der Waals surface area contributed by atoms with Crippen LogP contribution in [0, 0.1) is 0 Å². The first-order valence-electron chi connectivity index (χ1n) is 7.10. The van der Waals surface area contributed by atoms with Gasteiger partial charge in [0, 0.05) is 23.8 Å². The minimum atomic E-state index is -0.535. The smallest absolute Gasteiger partial charge is 0.337 e. The summed E-state index contributed by atoms with van der Waals surface area (Å²) in [5.41, 5.74) is 1.08. The first-order valence-corrected chi connectivity index (χ1v) is 7.48. The van der Waals surface area contributed by atoms with Crippen molar-refractivity contribution in [3.8, 4) is 16.9 Å². The quantitative estimate of drug-likeness (QED) is 0.533. The predicted octanol–water partition coefficient (Wildman–Crippen LogP) is 3.67. The summed E-state index contributed by atoms with van der Waals surface area (Å²) in [6, 6.07) is 11.6. The molecule has 0 unspecified atom stereocenters. The second-order valence-corrected chi connectivity index (χ2v) is 5.43. The number of benzene rings is 2. The zero-order valence-corrected chi connectivity index (χ0v) is 13.5. The van der Waals surface area contributed by atoms with E-state index in [9.17, 15) is 9.59 Å². The van der Waals surface area contributed by atoms with Gasteiger partial charge in [-0.15, -0.1) is 0 Å². The number of methoxy groups -OCH3 is 1. The summed E-state index contributed by atoms with van der Waals surface area (Å²) in [4.78, 5) is 24.1. The van der Waals surface area contributed by atoms with Gasteiger partial charge in [0.25, 0.3) is 0 Å². The van der Waals surface area contributed by atoms with E-state index in [4.69, 9.17) is 25.5 Å². The molecular formula is C18H13ClO5. The van der Waals surface area contributed by atoms with Gasteiger partial charge in [0.1, 0.15) is 24.2 Å². The molecule has 0 fully saturated rings. The SMILES string of the molecule is COCC(=O)Oc1ccc2c(=O)c(-c3ccccc3Cl)coc2c1. The molecule has 5 nitrogen and oxygen atoms in total. The topological polar surface area (TPSA) is 65.7 Å². The van der Waals surface area contributed by atoms with E-state index in [0.717, 1.165) is 0 Å². The van der Waals surface area contributed by atoms with Crippen molar-refractivity contribution in [3.63, 3.8) is 0 Å². The first kappa shape index (κ1) is 16.2. The molecule has 0 N–H and O–H groups in total. The Balaban J connectivity index is 2.03. The number of rotatable bonds is 4. The van der Waals surface area contributed by atoms with E-state index < -0.39 is 5.97 Å². The molecule has 1 aromatic heterocycles. The van der Waals surface area contributed by atoms with Crippen molar-refractivity contribution in [2.45, 2.75) is 0 Å². The molecule has 0 saturated carbocycles. The van der Waals surface area contributed by atoms with Gasteiger partial charge < -0.3 is 13.9 Å². The molecule has 0 spiro atoms. The Bertz CT molecular complexity index is 961. The molecule has 0 aliphatic carbocycles. The second-order valence-electron chi connectivity index (χ2n) is 5.02. The molecule has 0 aliphatic rings. The van der Waals surface area contributed by atoms with Crippen LogP contribution in [0.1, 0.15) is 0 Å². The third-order valence-electron chi connectivity index (χ3n) is 3.40. The molecule has 0 atom stereocenters. The Morgan fingerprint density at radius 3 is 2.71 bits per heavy atom. The van der Waals surface area contributed by atoms with E-state index in [0.29, 0.717) is 27.1 Å². The number of carbonyl (C=O) groups excluding carboxylic acids is 1. The molecule has 1 heterocycles. The number of carbonyl (C=O) groups is 1. The molecule has 0 bridgehead atoms. The van der Waals surface area contributed by atoms with Crippen LogP contribution in [0.3, 0.4) is 0 Å². The average molecular weight is 345 g/mol. The van der Waals surface area contributed by atoms with Gasteiger partial charge >= 0.3 is 5.97 Å². The molecule has 0 saturated heterocycles. The lowest BCUT2D eigenvalue weighted by molar-refractivity contribution is -0.138. The lowest BCUT2D eigenvalue weighted by Crippen LogP contribution is -2.14. The predicted molar refractivity (Wildman–Crippen MR) is 90.4 cm³/mol. The number of esters is 1. The van der Waals surface area contributed by atoms with Gasteiger partial charge in [-0.1, -0.05) is 29.8 Å². The van der Waals surface area contributed by atoms with Crippen LogP contribution in [-0.4, -0.2) is 19.7 Å². The first-order chi connectivity index (χ1) is 11.6. The fraction of sp³-hybridized carbons (Fsp3) is 0.111. The molecule has 3 aromatic rings. The van der Waals surface area contributed by atoms with E-state index in [1.165, 1.54) is 25.5 Å². The summed E-state index contributed by atoms with van der Waals surface area (Å²) >= 11 is 6.14. The molecule has 6 heteroatoms. The van der Waals surface area contributed by atoms with Gasteiger partial charge in [0.05, 0.1) is 10.9 Å². The highest BCUT2D eigenvalue weighted by atomic mass is 35.5. The summed E-state index contributed by atoms with van der Waals surface area (Å²) in [7, 11) is 1.40. The minimum absolute atomic E-state index is 0.159. The van der Waals surface area contributed by atoms with Crippen molar-refractivity contribution in [2.75, 3.05) is 13.7 Å². The van der Waals surface area contributed by atoms with E-state index in [1.807, 2.05) is 0 Å². The third-order valence-corrected chi connectivity index (χ3v) is 3.73. The summed E-state index contributed by atoms with van der Waals surface area (Å²) in [6.45, 7) is -0.159. The molecule has 0 aliphatic heterocycles. The van der Waals surface area contributed by atoms with Gasteiger partial charge in [0.15, 0.2) is 0 Å². The van der Waals surface area contributed by atoms with Crippen molar-refractivity contribution in [1.82, 2.24) is 0 Å². The average Bonchev–Trinajstić information content (AvgIpc) is 2.56. The van der Waals surface area contributed by atoms with Crippen LogP contribution in [0.5, 0.6) is 5.75 Å². The highest BCUT2D eigenvalue weighted by Gasteiger charge is 2.13. The van der Waals surface area contributed by atoms with Crippen LogP contribution in [0.15, 0.2) is 57.9 Å². The van der Waals surface area contributed by atoms with Gasteiger partial charge in [0.2, 0.25) is 5.43 Å². The normalized spacial score (nSPS) is 10.8. The van der Waals surface area contributed by atoms with Gasteiger partial charge in [-0.25, -0.2) is 4.79 Å².